The third-order valence-corrected chi connectivity index (χ3v) is 7.16. The zero-order chi connectivity index (χ0) is 26.1. The summed E-state index contributed by atoms with van der Waals surface area (Å²) in [6.07, 6.45) is -0.648. The number of fused-ring (bicyclic) bond motifs is 2. The van der Waals surface area contributed by atoms with Crippen molar-refractivity contribution >= 4 is 6.09 Å². The molecule has 2 aromatic carbocycles. The van der Waals surface area contributed by atoms with Gasteiger partial charge in [0.15, 0.2) is 0 Å². The predicted molar refractivity (Wildman–Crippen MR) is 132 cm³/mol. The molecule has 36 heavy (non-hydrogen) atoms. The Hall–Kier alpha value is -2.74. The Balaban J connectivity index is 1.43. The van der Waals surface area contributed by atoms with E-state index in [-0.39, 0.29) is 6.54 Å². The minimum absolute atomic E-state index is 0.183. The Labute approximate surface area is 210 Å². The SMILES string of the molecule is CC(C)(C)OC(=O)N(CCN1C2CCC1CC(c1cccc(O)c1)C2)Cc1ccc(C(F)(F)F)cc1. The topological polar surface area (TPSA) is 53.0 Å². The van der Waals surface area contributed by atoms with Crippen LogP contribution in [0.3, 0.4) is 0 Å². The molecular formula is C28H35F3N2O3. The number of phenolic OH excluding ortho intramolecular Hbond substituents is 1. The predicted octanol–water partition coefficient (Wildman–Crippen LogP) is 6.56. The number of rotatable bonds is 6. The minimum Gasteiger partial charge on any atom is -0.508 e. The van der Waals surface area contributed by atoms with E-state index in [1.807, 2.05) is 12.1 Å². The fraction of sp³-hybridized carbons (Fsp3) is 0.536. The van der Waals surface area contributed by atoms with Crippen molar-refractivity contribution in [1.29, 1.82) is 0 Å². The van der Waals surface area contributed by atoms with Gasteiger partial charge in [-0.3, -0.25) is 4.90 Å². The highest BCUT2D eigenvalue weighted by Gasteiger charge is 2.41. The highest BCUT2D eigenvalue weighted by molar-refractivity contribution is 5.68. The van der Waals surface area contributed by atoms with Gasteiger partial charge in [0.2, 0.25) is 0 Å². The molecule has 0 aromatic heterocycles. The van der Waals surface area contributed by atoms with Crippen LogP contribution in [-0.2, 0) is 17.5 Å². The first-order valence-electron chi connectivity index (χ1n) is 12.6. The number of hydrogen-bond donors (Lipinski definition) is 1. The van der Waals surface area contributed by atoms with Gasteiger partial charge in [-0.1, -0.05) is 24.3 Å². The molecule has 196 valence electrons. The summed E-state index contributed by atoms with van der Waals surface area (Å²) in [6.45, 7) is 6.69. The number of halogens is 3. The van der Waals surface area contributed by atoms with E-state index in [1.165, 1.54) is 17.7 Å². The highest BCUT2D eigenvalue weighted by Crippen LogP contribution is 2.43. The van der Waals surface area contributed by atoms with E-state index < -0.39 is 23.4 Å². The van der Waals surface area contributed by atoms with Crippen molar-refractivity contribution in [1.82, 2.24) is 9.80 Å². The van der Waals surface area contributed by atoms with Gasteiger partial charge >= 0.3 is 12.3 Å². The van der Waals surface area contributed by atoms with Crippen LogP contribution in [0.2, 0.25) is 0 Å². The lowest BCUT2D eigenvalue weighted by Crippen LogP contribution is -2.47. The molecule has 2 atom stereocenters. The maximum atomic E-state index is 13.0. The lowest BCUT2D eigenvalue weighted by Gasteiger charge is -2.40. The first kappa shape index (κ1) is 26.3. The second-order valence-corrected chi connectivity index (χ2v) is 11.0. The summed E-state index contributed by atoms with van der Waals surface area (Å²) in [4.78, 5) is 17.1. The number of carbonyl (C=O) groups is 1. The molecule has 0 saturated carbocycles. The van der Waals surface area contributed by atoms with Crippen molar-refractivity contribution in [3.8, 4) is 5.75 Å². The van der Waals surface area contributed by atoms with Crippen LogP contribution >= 0.6 is 0 Å². The fourth-order valence-electron chi connectivity index (χ4n) is 5.51. The second kappa shape index (κ2) is 10.3. The van der Waals surface area contributed by atoms with Gasteiger partial charge in [0.1, 0.15) is 11.4 Å². The first-order chi connectivity index (χ1) is 16.9. The normalized spacial score (nSPS) is 22.4. The van der Waals surface area contributed by atoms with E-state index in [9.17, 15) is 23.1 Å². The molecule has 0 aliphatic carbocycles. The third-order valence-electron chi connectivity index (χ3n) is 7.16. The Morgan fingerprint density at radius 3 is 2.25 bits per heavy atom. The van der Waals surface area contributed by atoms with Crippen LogP contribution in [0.1, 0.15) is 69.1 Å². The van der Waals surface area contributed by atoms with Crippen molar-refractivity contribution in [2.75, 3.05) is 13.1 Å². The molecule has 2 bridgehead atoms. The van der Waals surface area contributed by atoms with E-state index in [0.717, 1.165) is 37.8 Å². The number of benzene rings is 2. The number of carbonyl (C=O) groups excluding carboxylic acids is 1. The van der Waals surface area contributed by atoms with Crippen LogP contribution in [0.15, 0.2) is 48.5 Å². The Kier molecular flexibility index (Phi) is 7.55. The molecule has 5 nitrogen and oxygen atoms in total. The van der Waals surface area contributed by atoms with Crippen LogP contribution in [0.5, 0.6) is 5.75 Å². The van der Waals surface area contributed by atoms with E-state index in [0.29, 0.717) is 42.4 Å². The number of amides is 1. The standard InChI is InChI=1S/C28H35F3N2O3/c1-27(2,3)36-26(35)32(18-19-7-9-22(10-8-19)28(29,30)31)13-14-33-23-11-12-24(33)16-21(15-23)20-5-4-6-25(34)17-20/h4-10,17,21,23-24,34H,11-16,18H2,1-3H3. The van der Waals surface area contributed by atoms with Gasteiger partial charge in [-0.15, -0.1) is 0 Å². The Morgan fingerprint density at radius 1 is 1.06 bits per heavy atom. The smallest absolute Gasteiger partial charge is 0.416 e. The van der Waals surface area contributed by atoms with Crippen molar-refractivity contribution in [3.05, 3.63) is 65.2 Å². The molecule has 0 radical (unpaired) electrons. The zero-order valence-electron chi connectivity index (χ0n) is 21.1. The van der Waals surface area contributed by atoms with Crippen LogP contribution in [-0.4, -0.2) is 51.8 Å². The average molecular weight is 505 g/mol. The van der Waals surface area contributed by atoms with Crippen LogP contribution in [0.25, 0.3) is 0 Å². The number of piperidine rings is 1. The molecule has 2 aliphatic heterocycles. The summed E-state index contributed by atoms with van der Waals surface area (Å²) in [5.74, 6) is 0.693. The van der Waals surface area contributed by atoms with Gasteiger partial charge in [-0.05, 0) is 87.8 Å². The van der Waals surface area contributed by atoms with Gasteiger partial charge in [0.05, 0.1) is 5.56 Å². The fourth-order valence-corrected chi connectivity index (χ4v) is 5.51. The lowest BCUT2D eigenvalue weighted by molar-refractivity contribution is -0.137. The summed E-state index contributed by atoms with van der Waals surface area (Å²) >= 11 is 0. The summed E-state index contributed by atoms with van der Waals surface area (Å²) in [6, 6.07) is 13.3. The molecule has 1 N–H and O–H groups in total. The molecule has 2 aliphatic rings. The largest absolute Gasteiger partial charge is 0.508 e. The Bertz CT molecular complexity index is 1040. The highest BCUT2D eigenvalue weighted by atomic mass is 19.4. The number of ether oxygens (including phenoxy) is 1. The van der Waals surface area contributed by atoms with E-state index >= 15 is 0 Å². The van der Waals surface area contributed by atoms with Crippen LogP contribution in [0.4, 0.5) is 18.0 Å². The van der Waals surface area contributed by atoms with Crippen molar-refractivity contribution < 1.29 is 27.8 Å². The summed E-state index contributed by atoms with van der Waals surface area (Å²) in [7, 11) is 0. The molecule has 4 rings (SSSR count). The van der Waals surface area contributed by atoms with Crippen molar-refractivity contribution in [2.45, 2.75) is 82.8 Å². The molecule has 8 heteroatoms. The number of hydrogen-bond acceptors (Lipinski definition) is 4. The molecule has 2 heterocycles. The second-order valence-electron chi connectivity index (χ2n) is 11.0. The van der Waals surface area contributed by atoms with Gasteiger partial charge in [0, 0.05) is 31.7 Å². The molecule has 0 spiro atoms. The summed E-state index contributed by atoms with van der Waals surface area (Å²) in [5, 5.41) is 9.88. The number of alkyl halides is 3. The zero-order valence-corrected chi connectivity index (χ0v) is 21.1. The lowest BCUT2D eigenvalue weighted by atomic mass is 9.85. The molecular weight excluding hydrogens is 469 g/mol. The van der Waals surface area contributed by atoms with E-state index in [4.69, 9.17) is 4.74 Å². The summed E-state index contributed by atoms with van der Waals surface area (Å²) in [5.41, 5.74) is 0.415. The van der Waals surface area contributed by atoms with Gasteiger partial charge in [-0.2, -0.15) is 13.2 Å². The minimum atomic E-state index is -4.40. The average Bonchev–Trinajstić information content (AvgIpc) is 3.02. The maximum Gasteiger partial charge on any atom is 0.416 e. The molecule has 2 fully saturated rings. The van der Waals surface area contributed by atoms with Crippen LogP contribution < -0.4 is 0 Å². The monoisotopic (exact) mass is 504 g/mol. The molecule has 1 amide bonds. The van der Waals surface area contributed by atoms with Gasteiger partial charge in [0.25, 0.3) is 0 Å². The molecule has 2 aromatic rings. The van der Waals surface area contributed by atoms with Crippen LogP contribution in [0, 0.1) is 0 Å². The van der Waals surface area contributed by atoms with E-state index in [1.54, 1.807) is 31.7 Å². The first-order valence-corrected chi connectivity index (χ1v) is 12.6. The molecule has 2 saturated heterocycles. The number of phenols is 1. The van der Waals surface area contributed by atoms with E-state index in [2.05, 4.69) is 11.0 Å². The van der Waals surface area contributed by atoms with Gasteiger partial charge in [-0.25, -0.2) is 4.79 Å². The molecule has 2 unspecified atom stereocenters. The number of aromatic hydroxyl groups is 1. The Morgan fingerprint density at radius 2 is 1.69 bits per heavy atom. The summed E-state index contributed by atoms with van der Waals surface area (Å²) < 4.78 is 44.5. The van der Waals surface area contributed by atoms with Crippen molar-refractivity contribution in [3.63, 3.8) is 0 Å². The third kappa shape index (κ3) is 6.52. The number of nitrogens with zero attached hydrogens (tertiary/aromatic N) is 2. The van der Waals surface area contributed by atoms with Gasteiger partial charge < -0.3 is 14.7 Å². The van der Waals surface area contributed by atoms with Crippen molar-refractivity contribution in [2.24, 2.45) is 0 Å². The maximum absolute atomic E-state index is 13.0. The quantitative estimate of drug-likeness (QED) is 0.484.